The maximum atomic E-state index is 12.2. The second-order valence-corrected chi connectivity index (χ2v) is 6.26. The molecule has 0 aliphatic carbocycles. The van der Waals surface area contributed by atoms with Gasteiger partial charge in [0.25, 0.3) is 0 Å². The molecular formula is C18H26F3IN4O2. The van der Waals surface area contributed by atoms with E-state index in [2.05, 4.69) is 20.4 Å². The predicted molar refractivity (Wildman–Crippen MR) is 112 cm³/mol. The average Bonchev–Trinajstić information content (AvgIpc) is 3.09. The van der Waals surface area contributed by atoms with E-state index >= 15 is 0 Å². The molecule has 0 saturated carbocycles. The lowest BCUT2D eigenvalue weighted by Crippen LogP contribution is -2.45. The molecule has 1 aliphatic rings. The Kier molecular flexibility index (Phi) is 9.83. The Morgan fingerprint density at radius 1 is 1.32 bits per heavy atom. The third kappa shape index (κ3) is 8.11. The first-order chi connectivity index (χ1) is 12.8. The highest BCUT2D eigenvalue weighted by Crippen LogP contribution is 2.22. The molecule has 0 radical (unpaired) electrons. The third-order valence-corrected chi connectivity index (χ3v) is 4.27. The number of nitrogens with one attached hydrogen (secondary N) is 2. The van der Waals surface area contributed by atoms with E-state index in [1.807, 2.05) is 11.8 Å². The summed E-state index contributed by atoms with van der Waals surface area (Å²) in [4.78, 5) is 17.7. The van der Waals surface area contributed by atoms with Crippen LogP contribution in [0.3, 0.4) is 0 Å². The van der Waals surface area contributed by atoms with Crippen LogP contribution < -0.4 is 15.4 Å². The van der Waals surface area contributed by atoms with Gasteiger partial charge in [-0.3, -0.25) is 9.79 Å². The van der Waals surface area contributed by atoms with E-state index in [0.717, 1.165) is 18.5 Å². The molecular weight excluding hydrogens is 488 g/mol. The molecule has 1 aliphatic heterocycles. The number of hydrogen-bond donors (Lipinski definition) is 2. The maximum absolute atomic E-state index is 12.2. The Morgan fingerprint density at radius 2 is 2.00 bits per heavy atom. The van der Waals surface area contributed by atoms with Crippen molar-refractivity contribution >= 4 is 35.8 Å². The zero-order valence-corrected chi connectivity index (χ0v) is 18.2. The zero-order valence-electron chi connectivity index (χ0n) is 15.9. The van der Waals surface area contributed by atoms with E-state index in [1.165, 1.54) is 12.1 Å². The Bertz CT molecular complexity index is 653. The highest BCUT2D eigenvalue weighted by Gasteiger charge is 2.31. The monoisotopic (exact) mass is 514 g/mol. The number of aliphatic imine (C=N–C) groups is 1. The van der Waals surface area contributed by atoms with Crippen LogP contribution in [0.25, 0.3) is 0 Å². The van der Waals surface area contributed by atoms with Gasteiger partial charge in [-0.2, -0.15) is 0 Å². The second-order valence-electron chi connectivity index (χ2n) is 6.26. The number of guanidine groups is 1. The molecule has 1 amide bonds. The minimum absolute atomic E-state index is 0. The number of ether oxygens (including phenoxy) is 1. The molecule has 1 aromatic rings. The van der Waals surface area contributed by atoms with Crippen LogP contribution in [-0.4, -0.2) is 55.9 Å². The quantitative estimate of drug-likeness (QED) is 0.348. The number of carbonyl (C=O) groups is 1. The topological polar surface area (TPSA) is 66.0 Å². The normalized spacial score (nSPS) is 17.1. The number of nitrogens with zero attached hydrogens (tertiary/aromatic N) is 2. The fraction of sp³-hybridized carbons (Fsp3) is 0.556. The van der Waals surface area contributed by atoms with Gasteiger partial charge in [0.2, 0.25) is 5.91 Å². The Labute approximate surface area is 179 Å². The first-order valence-electron chi connectivity index (χ1n) is 8.90. The molecule has 1 saturated heterocycles. The molecule has 10 heteroatoms. The van der Waals surface area contributed by atoms with Crippen molar-refractivity contribution in [3.63, 3.8) is 0 Å². The highest BCUT2D eigenvalue weighted by molar-refractivity contribution is 14.0. The van der Waals surface area contributed by atoms with Gasteiger partial charge in [-0.1, -0.05) is 19.1 Å². The summed E-state index contributed by atoms with van der Waals surface area (Å²) < 4.78 is 40.3. The highest BCUT2D eigenvalue weighted by atomic mass is 127. The van der Waals surface area contributed by atoms with Crippen LogP contribution in [0.4, 0.5) is 13.2 Å². The van der Waals surface area contributed by atoms with Gasteiger partial charge in [0.05, 0.1) is 0 Å². The fourth-order valence-corrected chi connectivity index (χ4v) is 2.90. The fourth-order valence-electron chi connectivity index (χ4n) is 2.90. The first kappa shape index (κ1) is 24.3. The van der Waals surface area contributed by atoms with Crippen LogP contribution in [0.1, 0.15) is 25.3 Å². The second kappa shape index (κ2) is 11.3. The van der Waals surface area contributed by atoms with Crippen molar-refractivity contribution in [3.8, 4) is 5.75 Å². The van der Waals surface area contributed by atoms with E-state index < -0.39 is 6.36 Å². The van der Waals surface area contributed by atoms with Crippen molar-refractivity contribution in [3.05, 3.63) is 29.8 Å². The molecule has 0 bridgehead atoms. The Balaban J connectivity index is 0.00000392. The summed E-state index contributed by atoms with van der Waals surface area (Å²) in [6.07, 6.45) is -2.68. The zero-order chi connectivity index (χ0) is 19.9. The van der Waals surface area contributed by atoms with Gasteiger partial charge in [0.1, 0.15) is 5.75 Å². The largest absolute Gasteiger partial charge is 0.573 e. The molecule has 1 heterocycles. The number of halogens is 4. The third-order valence-electron chi connectivity index (χ3n) is 4.27. The summed E-state index contributed by atoms with van der Waals surface area (Å²) in [5, 5.41) is 6.48. The number of rotatable bonds is 6. The van der Waals surface area contributed by atoms with E-state index in [0.29, 0.717) is 31.9 Å². The van der Waals surface area contributed by atoms with Crippen molar-refractivity contribution in [1.82, 2.24) is 15.5 Å². The summed E-state index contributed by atoms with van der Waals surface area (Å²) in [7, 11) is 1.67. The summed E-state index contributed by atoms with van der Waals surface area (Å²) in [5.74, 6) is 0.562. The molecule has 158 valence electrons. The van der Waals surface area contributed by atoms with Gasteiger partial charge in [0.15, 0.2) is 5.96 Å². The number of amides is 1. The number of hydrogen-bond acceptors (Lipinski definition) is 3. The number of benzene rings is 1. The smallest absolute Gasteiger partial charge is 0.406 e. The molecule has 0 aromatic heterocycles. The number of carbonyl (C=O) groups excluding carboxylic acids is 1. The summed E-state index contributed by atoms with van der Waals surface area (Å²) in [5.41, 5.74) is 0.882. The maximum Gasteiger partial charge on any atom is 0.573 e. The molecule has 1 unspecified atom stereocenters. The van der Waals surface area contributed by atoms with Crippen LogP contribution in [0.2, 0.25) is 0 Å². The molecule has 28 heavy (non-hydrogen) atoms. The summed E-state index contributed by atoms with van der Waals surface area (Å²) >= 11 is 0. The molecule has 1 aromatic carbocycles. The number of alkyl halides is 3. The van der Waals surface area contributed by atoms with Gasteiger partial charge >= 0.3 is 6.36 Å². The number of likely N-dealkylation sites (tertiary alicyclic amines) is 1. The molecule has 1 atom stereocenters. The van der Waals surface area contributed by atoms with Crippen molar-refractivity contribution in [1.29, 1.82) is 0 Å². The Hall–Kier alpha value is -1.72. The van der Waals surface area contributed by atoms with Crippen molar-refractivity contribution < 1.29 is 22.7 Å². The van der Waals surface area contributed by atoms with Gasteiger partial charge in [-0.15, -0.1) is 37.1 Å². The first-order valence-corrected chi connectivity index (χ1v) is 8.90. The van der Waals surface area contributed by atoms with Crippen LogP contribution >= 0.6 is 24.0 Å². The van der Waals surface area contributed by atoms with Gasteiger partial charge in [-0.25, -0.2) is 0 Å². The van der Waals surface area contributed by atoms with Gasteiger partial charge in [0, 0.05) is 39.1 Å². The Morgan fingerprint density at radius 3 is 2.57 bits per heavy atom. The molecule has 2 N–H and O–H groups in total. The molecule has 1 fully saturated rings. The van der Waals surface area contributed by atoms with Gasteiger partial charge < -0.3 is 20.3 Å². The van der Waals surface area contributed by atoms with E-state index in [9.17, 15) is 18.0 Å². The van der Waals surface area contributed by atoms with Crippen LogP contribution in [0.5, 0.6) is 5.75 Å². The predicted octanol–water partition coefficient (Wildman–Crippen LogP) is 2.92. The lowest BCUT2D eigenvalue weighted by atomic mass is 10.1. The molecule has 6 nitrogen and oxygen atoms in total. The van der Waals surface area contributed by atoms with Crippen molar-refractivity contribution in [2.24, 2.45) is 4.99 Å². The lowest BCUT2D eigenvalue weighted by molar-refractivity contribution is -0.274. The van der Waals surface area contributed by atoms with Crippen LogP contribution in [-0.2, 0) is 11.2 Å². The van der Waals surface area contributed by atoms with E-state index in [-0.39, 0.29) is 41.7 Å². The standard InChI is InChI=1S/C18H25F3N4O2.HI/c1-3-16(26)25-11-9-14(12-25)24-17(22-2)23-10-8-13-4-6-15(7-5-13)27-18(19,20)21;/h4-7,14H,3,8-12H2,1-2H3,(H2,22,23,24);1H. The van der Waals surface area contributed by atoms with Crippen molar-refractivity contribution in [2.45, 2.75) is 38.6 Å². The van der Waals surface area contributed by atoms with Crippen LogP contribution in [0.15, 0.2) is 29.3 Å². The SMILES string of the molecule is CCC(=O)N1CCC(NC(=NC)NCCc2ccc(OC(F)(F)F)cc2)C1.I. The van der Waals surface area contributed by atoms with E-state index in [1.54, 1.807) is 19.2 Å². The lowest BCUT2D eigenvalue weighted by Gasteiger charge is -2.18. The van der Waals surface area contributed by atoms with Gasteiger partial charge in [-0.05, 0) is 30.5 Å². The average molecular weight is 514 g/mol. The summed E-state index contributed by atoms with van der Waals surface area (Å²) in [6, 6.07) is 5.96. The van der Waals surface area contributed by atoms with Crippen molar-refractivity contribution in [2.75, 3.05) is 26.7 Å². The molecule has 2 rings (SSSR count). The van der Waals surface area contributed by atoms with E-state index in [4.69, 9.17) is 0 Å². The minimum atomic E-state index is -4.68. The minimum Gasteiger partial charge on any atom is -0.406 e. The summed E-state index contributed by atoms with van der Waals surface area (Å²) in [6.45, 7) is 3.83. The molecule has 0 spiro atoms. The van der Waals surface area contributed by atoms with Crippen LogP contribution in [0, 0.1) is 0 Å².